The van der Waals surface area contributed by atoms with Gasteiger partial charge in [0.2, 0.25) is 5.89 Å². The SMILES string of the molecule is CSC(C)(C)CNC(=O)NCCc1nc(C(C)C)no1. The van der Waals surface area contributed by atoms with E-state index in [1.807, 2.05) is 20.1 Å². The molecule has 0 aromatic carbocycles. The molecule has 0 bridgehead atoms. The van der Waals surface area contributed by atoms with Crippen molar-refractivity contribution < 1.29 is 9.32 Å². The normalized spacial score (nSPS) is 11.7. The van der Waals surface area contributed by atoms with Crippen LogP contribution in [-0.2, 0) is 6.42 Å². The van der Waals surface area contributed by atoms with Gasteiger partial charge in [-0.1, -0.05) is 19.0 Å². The van der Waals surface area contributed by atoms with E-state index in [0.29, 0.717) is 31.2 Å². The van der Waals surface area contributed by atoms with Crippen LogP contribution < -0.4 is 10.6 Å². The van der Waals surface area contributed by atoms with Gasteiger partial charge in [-0.05, 0) is 20.1 Å². The van der Waals surface area contributed by atoms with Crippen LogP contribution in [0.15, 0.2) is 4.52 Å². The topological polar surface area (TPSA) is 80.0 Å². The van der Waals surface area contributed by atoms with Crippen molar-refractivity contribution in [3.8, 4) is 0 Å². The lowest BCUT2D eigenvalue weighted by Gasteiger charge is -2.22. The molecule has 2 amide bonds. The largest absolute Gasteiger partial charge is 0.339 e. The maximum atomic E-state index is 11.6. The minimum atomic E-state index is -0.171. The van der Waals surface area contributed by atoms with E-state index >= 15 is 0 Å². The van der Waals surface area contributed by atoms with Gasteiger partial charge in [-0.3, -0.25) is 0 Å². The Bertz CT molecular complexity index is 432. The van der Waals surface area contributed by atoms with Crippen molar-refractivity contribution in [2.75, 3.05) is 19.3 Å². The molecule has 0 unspecified atom stereocenters. The van der Waals surface area contributed by atoms with Crippen LogP contribution in [-0.4, -0.2) is 40.3 Å². The van der Waals surface area contributed by atoms with E-state index in [2.05, 4.69) is 34.6 Å². The molecular formula is C13H24N4O2S. The molecule has 0 atom stereocenters. The number of hydrogen-bond donors (Lipinski definition) is 2. The summed E-state index contributed by atoms with van der Waals surface area (Å²) < 4.78 is 5.14. The standard InChI is InChI=1S/C13H24N4O2S/c1-9(2)11-16-10(19-17-11)6-7-14-12(18)15-8-13(3,4)20-5/h9H,6-8H2,1-5H3,(H2,14,15,18). The molecule has 1 heterocycles. The average molecular weight is 300 g/mol. The molecule has 0 spiro atoms. The third-order valence-electron chi connectivity index (χ3n) is 2.85. The Balaban J connectivity index is 2.24. The second-order valence-electron chi connectivity index (χ2n) is 5.52. The van der Waals surface area contributed by atoms with Gasteiger partial charge < -0.3 is 15.2 Å². The highest BCUT2D eigenvalue weighted by atomic mass is 32.2. The Labute approximate surface area is 124 Å². The summed E-state index contributed by atoms with van der Waals surface area (Å²) in [5.74, 6) is 1.50. The van der Waals surface area contributed by atoms with E-state index < -0.39 is 0 Å². The summed E-state index contributed by atoms with van der Waals surface area (Å²) in [6, 6.07) is -0.171. The van der Waals surface area contributed by atoms with Crippen molar-refractivity contribution >= 4 is 17.8 Å². The molecule has 1 aromatic heterocycles. The van der Waals surface area contributed by atoms with Crippen LogP contribution in [0.5, 0.6) is 0 Å². The first kappa shape index (κ1) is 16.8. The molecule has 0 aliphatic carbocycles. The van der Waals surface area contributed by atoms with E-state index in [9.17, 15) is 4.79 Å². The number of rotatable bonds is 7. The fraction of sp³-hybridized carbons (Fsp3) is 0.769. The van der Waals surface area contributed by atoms with Crippen molar-refractivity contribution in [1.29, 1.82) is 0 Å². The second kappa shape index (κ2) is 7.52. The van der Waals surface area contributed by atoms with Crippen LogP contribution >= 0.6 is 11.8 Å². The van der Waals surface area contributed by atoms with Gasteiger partial charge in [0.05, 0.1) is 0 Å². The number of nitrogens with zero attached hydrogens (tertiary/aromatic N) is 2. The van der Waals surface area contributed by atoms with Gasteiger partial charge in [0.15, 0.2) is 5.82 Å². The molecule has 0 fully saturated rings. The highest BCUT2D eigenvalue weighted by Gasteiger charge is 2.16. The van der Waals surface area contributed by atoms with Crippen LogP contribution in [0.3, 0.4) is 0 Å². The molecular weight excluding hydrogens is 276 g/mol. The smallest absolute Gasteiger partial charge is 0.314 e. The molecule has 114 valence electrons. The molecule has 0 saturated heterocycles. The summed E-state index contributed by atoms with van der Waals surface area (Å²) in [7, 11) is 0. The maximum absolute atomic E-state index is 11.6. The number of amides is 2. The van der Waals surface area contributed by atoms with Gasteiger partial charge in [0, 0.05) is 30.2 Å². The van der Waals surface area contributed by atoms with Gasteiger partial charge in [0.1, 0.15) is 0 Å². The quantitative estimate of drug-likeness (QED) is 0.806. The van der Waals surface area contributed by atoms with E-state index in [1.54, 1.807) is 11.8 Å². The highest BCUT2D eigenvalue weighted by Crippen LogP contribution is 2.19. The van der Waals surface area contributed by atoms with E-state index in [4.69, 9.17) is 4.52 Å². The van der Waals surface area contributed by atoms with E-state index in [0.717, 1.165) is 0 Å². The second-order valence-corrected chi connectivity index (χ2v) is 7.04. The number of aromatic nitrogens is 2. The lowest BCUT2D eigenvalue weighted by atomic mass is 10.2. The third kappa shape index (κ3) is 5.81. The predicted octanol–water partition coefficient (Wildman–Crippen LogP) is 2.18. The maximum Gasteiger partial charge on any atom is 0.314 e. The van der Waals surface area contributed by atoms with Crippen molar-refractivity contribution in [3.63, 3.8) is 0 Å². The number of nitrogens with one attached hydrogen (secondary N) is 2. The summed E-state index contributed by atoms with van der Waals surface area (Å²) in [6.07, 6.45) is 2.57. The summed E-state index contributed by atoms with van der Waals surface area (Å²) >= 11 is 1.72. The van der Waals surface area contributed by atoms with Crippen molar-refractivity contribution in [1.82, 2.24) is 20.8 Å². The first-order valence-electron chi connectivity index (χ1n) is 6.73. The van der Waals surface area contributed by atoms with Crippen molar-refractivity contribution in [3.05, 3.63) is 11.7 Å². The summed E-state index contributed by atoms with van der Waals surface area (Å²) in [4.78, 5) is 15.9. The minimum Gasteiger partial charge on any atom is -0.339 e. The Morgan fingerprint density at radius 3 is 2.65 bits per heavy atom. The van der Waals surface area contributed by atoms with Gasteiger partial charge in [-0.15, -0.1) is 0 Å². The molecule has 20 heavy (non-hydrogen) atoms. The van der Waals surface area contributed by atoms with Crippen LogP contribution in [0.2, 0.25) is 0 Å². The predicted molar refractivity (Wildman–Crippen MR) is 81.1 cm³/mol. The monoisotopic (exact) mass is 300 g/mol. The molecule has 0 aliphatic heterocycles. The number of carbonyl (C=O) groups is 1. The first-order chi connectivity index (χ1) is 9.34. The van der Waals surface area contributed by atoms with Crippen LogP contribution in [0, 0.1) is 0 Å². The van der Waals surface area contributed by atoms with Crippen molar-refractivity contribution in [2.24, 2.45) is 0 Å². The first-order valence-corrected chi connectivity index (χ1v) is 7.96. The van der Waals surface area contributed by atoms with Crippen LogP contribution in [0.1, 0.15) is 45.3 Å². The molecule has 0 radical (unpaired) electrons. The summed E-state index contributed by atoms with van der Waals surface area (Å²) in [6.45, 7) is 9.29. The zero-order chi connectivity index (χ0) is 15.2. The Morgan fingerprint density at radius 1 is 1.40 bits per heavy atom. The zero-order valence-electron chi connectivity index (χ0n) is 12.8. The number of urea groups is 1. The lowest BCUT2D eigenvalue weighted by Crippen LogP contribution is -2.42. The van der Waals surface area contributed by atoms with E-state index in [-0.39, 0.29) is 16.7 Å². The van der Waals surface area contributed by atoms with Crippen LogP contribution in [0.25, 0.3) is 0 Å². The van der Waals surface area contributed by atoms with Crippen molar-refractivity contribution in [2.45, 2.75) is 44.8 Å². The van der Waals surface area contributed by atoms with Gasteiger partial charge in [-0.25, -0.2) is 4.79 Å². The summed E-state index contributed by atoms with van der Waals surface area (Å²) in [5, 5.41) is 9.50. The van der Waals surface area contributed by atoms with Gasteiger partial charge in [0.25, 0.3) is 0 Å². The molecule has 6 nitrogen and oxygen atoms in total. The average Bonchev–Trinajstić information content (AvgIpc) is 2.85. The molecule has 0 aliphatic rings. The molecule has 1 rings (SSSR count). The molecule has 0 saturated carbocycles. The highest BCUT2D eigenvalue weighted by molar-refractivity contribution is 7.99. The van der Waals surface area contributed by atoms with E-state index in [1.165, 1.54) is 0 Å². The molecule has 7 heteroatoms. The van der Waals surface area contributed by atoms with Gasteiger partial charge >= 0.3 is 6.03 Å². The summed E-state index contributed by atoms with van der Waals surface area (Å²) in [5.41, 5.74) is 0. The Hall–Kier alpha value is -1.24. The number of hydrogen-bond acceptors (Lipinski definition) is 5. The Morgan fingerprint density at radius 2 is 2.10 bits per heavy atom. The molecule has 2 N–H and O–H groups in total. The fourth-order valence-electron chi connectivity index (χ4n) is 1.31. The number of carbonyl (C=O) groups excluding carboxylic acids is 1. The molecule has 1 aromatic rings. The van der Waals surface area contributed by atoms with Gasteiger partial charge in [-0.2, -0.15) is 16.7 Å². The van der Waals surface area contributed by atoms with Crippen LogP contribution in [0.4, 0.5) is 4.79 Å². The Kier molecular flexibility index (Phi) is 6.32. The fourth-order valence-corrected chi connectivity index (χ4v) is 1.53. The zero-order valence-corrected chi connectivity index (χ0v) is 13.6. The minimum absolute atomic E-state index is 0.0377. The third-order valence-corrected chi connectivity index (χ3v) is 4.10. The number of thioether (sulfide) groups is 1. The lowest BCUT2D eigenvalue weighted by molar-refractivity contribution is 0.240.